The van der Waals surface area contributed by atoms with Gasteiger partial charge in [0.25, 0.3) is 0 Å². The van der Waals surface area contributed by atoms with Crippen LogP contribution in [-0.4, -0.2) is 15.8 Å². The number of benzene rings is 1. The van der Waals surface area contributed by atoms with Crippen LogP contribution >= 0.6 is 0 Å². The van der Waals surface area contributed by atoms with Gasteiger partial charge >= 0.3 is 0 Å². The molecule has 0 aliphatic rings. The number of hydrogen-bond donors (Lipinski definition) is 1. The first-order chi connectivity index (χ1) is 9.92. The highest BCUT2D eigenvalue weighted by molar-refractivity contribution is 5.41. The second kappa shape index (κ2) is 6.31. The zero-order chi connectivity index (χ0) is 15.6. The smallest absolute Gasteiger partial charge is 0.221 e. The first-order valence-corrected chi connectivity index (χ1v) is 7.45. The van der Waals surface area contributed by atoms with E-state index in [2.05, 4.69) is 44.1 Å². The third-order valence-electron chi connectivity index (χ3n) is 3.83. The maximum Gasteiger partial charge on any atom is 0.221 e. The number of nitrogens with two attached hydrogens (primary N) is 1. The fraction of sp³-hybridized carbons (Fsp3) is 0.471. The molecule has 1 unspecified atom stereocenters. The van der Waals surface area contributed by atoms with E-state index in [9.17, 15) is 0 Å². The number of aromatic nitrogens is 2. The first kappa shape index (κ1) is 15.6. The van der Waals surface area contributed by atoms with Crippen molar-refractivity contribution in [3.63, 3.8) is 0 Å². The Balaban J connectivity index is 2.37. The van der Waals surface area contributed by atoms with Gasteiger partial charge in [0.1, 0.15) is 5.75 Å². The quantitative estimate of drug-likeness (QED) is 0.916. The van der Waals surface area contributed by atoms with Crippen LogP contribution in [0.2, 0.25) is 0 Å². The van der Waals surface area contributed by atoms with Crippen molar-refractivity contribution in [1.82, 2.24) is 9.78 Å². The van der Waals surface area contributed by atoms with Crippen molar-refractivity contribution in [3.8, 4) is 11.6 Å². The molecule has 0 aliphatic heterocycles. The van der Waals surface area contributed by atoms with E-state index < -0.39 is 0 Å². The van der Waals surface area contributed by atoms with Crippen LogP contribution in [0.5, 0.6) is 11.6 Å². The monoisotopic (exact) mass is 287 g/mol. The average molecular weight is 287 g/mol. The van der Waals surface area contributed by atoms with E-state index in [1.54, 1.807) is 4.68 Å². The van der Waals surface area contributed by atoms with Gasteiger partial charge in [-0.2, -0.15) is 5.10 Å². The molecule has 114 valence electrons. The predicted molar refractivity (Wildman–Crippen MR) is 85.9 cm³/mol. The summed E-state index contributed by atoms with van der Waals surface area (Å²) in [6.45, 7) is 8.22. The molecule has 0 amide bonds. The zero-order valence-electron chi connectivity index (χ0n) is 13.6. The molecule has 1 atom stereocenters. The molecule has 0 bridgehead atoms. The summed E-state index contributed by atoms with van der Waals surface area (Å²) in [4.78, 5) is 0. The molecule has 1 aromatic heterocycles. The summed E-state index contributed by atoms with van der Waals surface area (Å²) in [5, 5.41) is 4.48. The standard InChI is InChI=1S/C17H25N3O/c1-6-14(18)10-15-13(4)19-20(5)17(15)21-16-9-11(2)7-8-12(16)3/h7-9,14H,6,10,18H2,1-5H3. The molecule has 0 radical (unpaired) electrons. The second-order valence-electron chi connectivity index (χ2n) is 5.74. The molecule has 0 spiro atoms. The fourth-order valence-corrected chi connectivity index (χ4v) is 2.37. The maximum atomic E-state index is 6.16. The Morgan fingerprint density at radius 3 is 2.67 bits per heavy atom. The molecule has 2 N–H and O–H groups in total. The predicted octanol–water partition coefficient (Wildman–Crippen LogP) is 3.42. The summed E-state index contributed by atoms with van der Waals surface area (Å²) in [6.07, 6.45) is 1.73. The van der Waals surface area contributed by atoms with Crippen LogP contribution < -0.4 is 10.5 Å². The van der Waals surface area contributed by atoms with Gasteiger partial charge in [0.2, 0.25) is 5.88 Å². The van der Waals surface area contributed by atoms with Crippen molar-refractivity contribution in [2.75, 3.05) is 0 Å². The van der Waals surface area contributed by atoms with Crippen LogP contribution in [0.4, 0.5) is 0 Å². The van der Waals surface area contributed by atoms with Crippen LogP contribution in [0.25, 0.3) is 0 Å². The average Bonchev–Trinajstić information content (AvgIpc) is 2.69. The Hall–Kier alpha value is -1.81. The SMILES string of the molecule is CCC(N)Cc1c(C)nn(C)c1Oc1cc(C)ccc1C. The van der Waals surface area contributed by atoms with Crippen molar-refractivity contribution < 1.29 is 4.74 Å². The Labute approximate surface area is 126 Å². The Bertz CT molecular complexity index is 631. The molecule has 0 saturated carbocycles. The Morgan fingerprint density at radius 1 is 1.29 bits per heavy atom. The van der Waals surface area contributed by atoms with Gasteiger partial charge in [0.15, 0.2) is 0 Å². The molecule has 0 saturated heterocycles. The highest BCUT2D eigenvalue weighted by Crippen LogP contribution is 2.30. The lowest BCUT2D eigenvalue weighted by Gasteiger charge is -2.13. The summed E-state index contributed by atoms with van der Waals surface area (Å²) in [6, 6.07) is 6.35. The van der Waals surface area contributed by atoms with E-state index in [4.69, 9.17) is 10.5 Å². The lowest BCUT2D eigenvalue weighted by atomic mass is 10.1. The molecular weight excluding hydrogens is 262 g/mol. The van der Waals surface area contributed by atoms with E-state index >= 15 is 0 Å². The third-order valence-corrected chi connectivity index (χ3v) is 3.83. The number of hydrogen-bond acceptors (Lipinski definition) is 3. The van der Waals surface area contributed by atoms with Crippen LogP contribution in [0.3, 0.4) is 0 Å². The summed E-state index contributed by atoms with van der Waals surface area (Å²) < 4.78 is 7.96. The summed E-state index contributed by atoms with van der Waals surface area (Å²) in [5.41, 5.74) is 10.5. The van der Waals surface area contributed by atoms with Crippen LogP contribution in [0.1, 0.15) is 35.7 Å². The van der Waals surface area contributed by atoms with Crippen LogP contribution in [0.15, 0.2) is 18.2 Å². The Kier molecular flexibility index (Phi) is 4.68. The molecule has 0 fully saturated rings. The van der Waals surface area contributed by atoms with Crippen molar-refractivity contribution in [2.24, 2.45) is 12.8 Å². The minimum atomic E-state index is 0.133. The van der Waals surface area contributed by atoms with Gasteiger partial charge in [-0.05, 0) is 50.8 Å². The van der Waals surface area contributed by atoms with Crippen molar-refractivity contribution in [3.05, 3.63) is 40.6 Å². The number of ether oxygens (including phenoxy) is 1. The zero-order valence-corrected chi connectivity index (χ0v) is 13.6. The maximum absolute atomic E-state index is 6.16. The van der Waals surface area contributed by atoms with Gasteiger partial charge in [0.05, 0.1) is 5.69 Å². The van der Waals surface area contributed by atoms with Gasteiger partial charge < -0.3 is 10.5 Å². The molecule has 4 heteroatoms. The normalized spacial score (nSPS) is 12.5. The fourth-order valence-electron chi connectivity index (χ4n) is 2.37. The van der Waals surface area contributed by atoms with Gasteiger partial charge in [0, 0.05) is 18.7 Å². The van der Waals surface area contributed by atoms with E-state index in [0.29, 0.717) is 0 Å². The highest BCUT2D eigenvalue weighted by Gasteiger charge is 2.18. The molecular formula is C17H25N3O. The second-order valence-corrected chi connectivity index (χ2v) is 5.74. The van der Waals surface area contributed by atoms with E-state index in [-0.39, 0.29) is 6.04 Å². The molecule has 1 aromatic carbocycles. The van der Waals surface area contributed by atoms with Crippen LogP contribution in [-0.2, 0) is 13.5 Å². The van der Waals surface area contributed by atoms with Crippen molar-refractivity contribution >= 4 is 0 Å². The van der Waals surface area contributed by atoms with Gasteiger partial charge in [-0.3, -0.25) is 0 Å². The topological polar surface area (TPSA) is 53.1 Å². The highest BCUT2D eigenvalue weighted by atomic mass is 16.5. The number of aryl methyl sites for hydroxylation is 4. The van der Waals surface area contributed by atoms with Crippen LogP contribution in [0, 0.1) is 20.8 Å². The van der Waals surface area contributed by atoms with Crippen molar-refractivity contribution in [1.29, 1.82) is 0 Å². The Morgan fingerprint density at radius 2 is 2.00 bits per heavy atom. The van der Waals surface area contributed by atoms with E-state index in [1.165, 1.54) is 5.56 Å². The van der Waals surface area contributed by atoms with Gasteiger partial charge in [-0.15, -0.1) is 0 Å². The summed E-state index contributed by atoms with van der Waals surface area (Å²) in [7, 11) is 1.91. The van der Waals surface area contributed by atoms with E-state index in [1.807, 2.05) is 14.0 Å². The molecule has 0 aliphatic carbocycles. The lowest BCUT2D eigenvalue weighted by molar-refractivity contribution is 0.420. The largest absolute Gasteiger partial charge is 0.439 e. The number of rotatable bonds is 5. The molecule has 21 heavy (non-hydrogen) atoms. The van der Waals surface area contributed by atoms with Crippen molar-refractivity contribution in [2.45, 2.75) is 46.6 Å². The summed E-state index contributed by atoms with van der Waals surface area (Å²) >= 11 is 0. The molecule has 2 rings (SSSR count). The minimum Gasteiger partial charge on any atom is -0.439 e. The first-order valence-electron chi connectivity index (χ1n) is 7.45. The summed E-state index contributed by atoms with van der Waals surface area (Å²) in [5.74, 6) is 1.68. The minimum absolute atomic E-state index is 0.133. The van der Waals surface area contributed by atoms with Gasteiger partial charge in [-0.1, -0.05) is 19.1 Å². The van der Waals surface area contributed by atoms with E-state index in [0.717, 1.165) is 41.3 Å². The molecule has 2 aromatic rings. The third kappa shape index (κ3) is 3.45. The number of nitrogens with zero attached hydrogens (tertiary/aromatic N) is 2. The van der Waals surface area contributed by atoms with Gasteiger partial charge in [-0.25, -0.2) is 4.68 Å². The molecule has 1 heterocycles. The molecule has 4 nitrogen and oxygen atoms in total. The lowest BCUT2D eigenvalue weighted by Crippen LogP contribution is -2.21.